The molecular weight excluding hydrogens is 444 g/mol. The van der Waals surface area contributed by atoms with E-state index in [9.17, 15) is 22.6 Å². The van der Waals surface area contributed by atoms with Crippen molar-refractivity contribution in [1.82, 2.24) is 9.88 Å². The molecule has 2 aromatic rings. The van der Waals surface area contributed by atoms with Crippen LogP contribution in [0.2, 0.25) is 0 Å². The lowest BCUT2D eigenvalue weighted by molar-refractivity contribution is -0.129. The Hall–Kier alpha value is -1.88. The number of likely N-dealkylation sites (N-methyl/N-ethyl adjacent to an activating group) is 1. The lowest BCUT2D eigenvalue weighted by Crippen LogP contribution is -2.42. The third-order valence-corrected chi connectivity index (χ3v) is 7.81. The smallest absolute Gasteiger partial charge is 0.276 e. The topological polar surface area (TPSA) is 105 Å². The summed E-state index contributed by atoms with van der Waals surface area (Å²) in [4.78, 5) is 29.4. The van der Waals surface area contributed by atoms with Crippen molar-refractivity contribution in [3.63, 3.8) is 0 Å². The molecule has 0 spiro atoms. The summed E-state index contributed by atoms with van der Waals surface area (Å²) < 4.78 is 33.1. The van der Waals surface area contributed by atoms with E-state index in [0.717, 1.165) is 10.6 Å². The monoisotopic (exact) mass is 468 g/mol. The van der Waals surface area contributed by atoms with Gasteiger partial charge in [-0.1, -0.05) is 41.1 Å². The number of pyridine rings is 1. The molecule has 1 amide bonds. The molecule has 0 saturated heterocycles. The van der Waals surface area contributed by atoms with Crippen LogP contribution in [0.4, 0.5) is 0 Å². The first kappa shape index (κ1) is 24.4. The maximum atomic E-state index is 12.6. The summed E-state index contributed by atoms with van der Waals surface area (Å²) in [6.45, 7) is 1.78. The Morgan fingerprint density at radius 3 is 2.43 bits per heavy atom. The van der Waals surface area contributed by atoms with Gasteiger partial charge in [0.2, 0.25) is 5.91 Å². The number of nitrogens with zero attached hydrogens (tertiary/aromatic N) is 2. The number of Topliss-reactive ketones (excluding diaryl/α,β-unsaturated/α-hetero) is 1. The zero-order chi connectivity index (χ0) is 22.1. The molecule has 0 bridgehead atoms. The Morgan fingerprint density at radius 2 is 1.87 bits per heavy atom. The number of aromatic nitrogens is 1. The van der Waals surface area contributed by atoms with Gasteiger partial charge >= 0.3 is 0 Å². The molecule has 2 rings (SSSR count). The van der Waals surface area contributed by atoms with Crippen molar-refractivity contribution in [3.05, 3.63) is 59.8 Å². The van der Waals surface area contributed by atoms with Crippen molar-refractivity contribution in [2.45, 2.75) is 30.0 Å². The number of benzene rings is 1. The van der Waals surface area contributed by atoms with E-state index in [0.29, 0.717) is 24.3 Å². The van der Waals surface area contributed by atoms with Crippen LogP contribution in [0.3, 0.4) is 0 Å². The van der Waals surface area contributed by atoms with E-state index < -0.39 is 21.3 Å². The van der Waals surface area contributed by atoms with Crippen LogP contribution in [0.5, 0.6) is 0 Å². The van der Waals surface area contributed by atoms with Gasteiger partial charge in [0.15, 0.2) is 11.0 Å². The molecule has 0 aliphatic rings. The van der Waals surface area contributed by atoms with Crippen LogP contribution in [0.15, 0.2) is 53.7 Å². The second-order valence-electron chi connectivity index (χ2n) is 6.63. The highest BCUT2D eigenvalue weighted by Crippen LogP contribution is 2.30. The Labute approximate surface area is 184 Å². The van der Waals surface area contributed by atoms with Crippen LogP contribution in [0.1, 0.15) is 29.3 Å². The zero-order valence-corrected chi connectivity index (χ0v) is 19.2. The molecule has 0 saturated carbocycles. The van der Waals surface area contributed by atoms with Crippen LogP contribution in [-0.2, 0) is 21.3 Å². The molecule has 0 radical (unpaired) electrons. The average molecular weight is 469 g/mol. The van der Waals surface area contributed by atoms with Gasteiger partial charge in [-0.3, -0.25) is 14.1 Å². The molecule has 162 valence electrons. The number of carbonyl (C=O) groups is 2. The van der Waals surface area contributed by atoms with Crippen molar-refractivity contribution in [2.75, 3.05) is 19.3 Å². The molecule has 0 aliphatic carbocycles. The summed E-state index contributed by atoms with van der Waals surface area (Å²) in [6.07, 6.45) is 2.17. The third-order valence-electron chi connectivity index (χ3n) is 4.35. The SMILES string of the molecule is CC(=O)c1ccc(CCN(C)C(=O)C(CCSSc2ccccn2)S(=O)(=O)O)cc1. The minimum Gasteiger partial charge on any atom is -0.344 e. The normalized spacial score (nSPS) is 12.4. The molecule has 1 atom stereocenters. The fourth-order valence-corrected chi connectivity index (χ4v) is 5.58. The predicted octanol–water partition coefficient (Wildman–Crippen LogP) is 3.37. The molecule has 1 aromatic heterocycles. The number of carbonyl (C=O) groups excluding carboxylic acids is 2. The van der Waals surface area contributed by atoms with E-state index in [4.69, 9.17) is 0 Å². The Morgan fingerprint density at radius 1 is 1.17 bits per heavy atom. The summed E-state index contributed by atoms with van der Waals surface area (Å²) in [5.74, 6) is -0.303. The molecule has 30 heavy (non-hydrogen) atoms. The van der Waals surface area contributed by atoms with Gasteiger partial charge in [-0.15, -0.1) is 0 Å². The first-order valence-electron chi connectivity index (χ1n) is 9.20. The third kappa shape index (κ3) is 7.75. The molecule has 1 N–H and O–H groups in total. The van der Waals surface area contributed by atoms with Crippen LogP contribution in [0, 0.1) is 0 Å². The van der Waals surface area contributed by atoms with E-state index in [1.807, 2.05) is 12.1 Å². The molecule has 0 aliphatic heterocycles. The van der Waals surface area contributed by atoms with Crippen molar-refractivity contribution >= 4 is 43.4 Å². The largest absolute Gasteiger partial charge is 0.344 e. The number of amides is 1. The number of hydrogen-bond acceptors (Lipinski definition) is 7. The van der Waals surface area contributed by atoms with Gasteiger partial charge in [0.05, 0.1) is 0 Å². The van der Waals surface area contributed by atoms with Gasteiger partial charge in [-0.2, -0.15) is 8.42 Å². The minimum absolute atomic E-state index is 0.000183. The predicted molar refractivity (Wildman–Crippen MR) is 120 cm³/mol. The van der Waals surface area contributed by atoms with Crippen LogP contribution >= 0.6 is 21.6 Å². The standard InChI is InChI=1S/C20H24N2O5S3/c1-15(23)17-8-6-16(7-9-17)10-13-22(2)20(24)18(30(25,26)27)11-14-28-29-19-5-3-4-12-21-19/h3-9,12,18H,10-11,13-14H2,1-2H3,(H,25,26,27). The van der Waals surface area contributed by atoms with Gasteiger partial charge in [0, 0.05) is 31.1 Å². The second kappa shape index (κ2) is 11.5. The number of rotatable bonds is 11. The van der Waals surface area contributed by atoms with E-state index in [1.54, 1.807) is 36.5 Å². The maximum absolute atomic E-state index is 12.6. The summed E-state index contributed by atoms with van der Waals surface area (Å²) >= 11 is 0. The highest BCUT2D eigenvalue weighted by molar-refractivity contribution is 8.76. The molecule has 7 nitrogen and oxygen atoms in total. The Kier molecular flexibility index (Phi) is 9.35. The van der Waals surface area contributed by atoms with E-state index in [2.05, 4.69) is 4.98 Å². The van der Waals surface area contributed by atoms with Crippen molar-refractivity contribution in [1.29, 1.82) is 0 Å². The van der Waals surface area contributed by atoms with Crippen molar-refractivity contribution in [2.24, 2.45) is 0 Å². The van der Waals surface area contributed by atoms with Crippen LogP contribution in [-0.4, -0.2) is 59.1 Å². The number of hydrogen-bond donors (Lipinski definition) is 1. The average Bonchev–Trinajstić information content (AvgIpc) is 2.71. The molecule has 1 aromatic carbocycles. The summed E-state index contributed by atoms with van der Waals surface area (Å²) in [7, 11) is -0.247. The van der Waals surface area contributed by atoms with Crippen molar-refractivity contribution in [3.8, 4) is 0 Å². The van der Waals surface area contributed by atoms with Gasteiger partial charge < -0.3 is 4.90 Å². The highest BCUT2D eigenvalue weighted by Gasteiger charge is 2.32. The molecule has 1 heterocycles. The van der Waals surface area contributed by atoms with Crippen LogP contribution in [0.25, 0.3) is 0 Å². The quantitative estimate of drug-likeness (QED) is 0.232. The van der Waals surface area contributed by atoms with Gasteiger partial charge in [-0.25, -0.2) is 4.98 Å². The molecule has 1 unspecified atom stereocenters. The lowest BCUT2D eigenvalue weighted by atomic mass is 10.1. The molecular formula is C20H24N2O5S3. The van der Waals surface area contributed by atoms with Crippen molar-refractivity contribution < 1.29 is 22.6 Å². The number of ketones is 1. The van der Waals surface area contributed by atoms with E-state index >= 15 is 0 Å². The van der Waals surface area contributed by atoms with Crippen LogP contribution < -0.4 is 0 Å². The Balaban J connectivity index is 1.89. The first-order valence-corrected chi connectivity index (χ1v) is 13.0. The first-order chi connectivity index (χ1) is 14.2. The van der Waals surface area contributed by atoms with Gasteiger partial charge in [0.25, 0.3) is 10.1 Å². The molecule has 0 fully saturated rings. The highest BCUT2D eigenvalue weighted by atomic mass is 33.1. The minimum atomic E-state index is -4.52. The summed E-state index contributed by atoms with van der Waals surface area (Å²) in [5, 5.41) is -0.718. The lowest BCUT2D eigenvalue weighted by Gasteiger charge is -2.22. The van der Waals surface area contributed by atoms with E-state index in [-0.39, 0.29) is 12.2 Å². The fraction of sp³-hybridized carbons (Fsp3) is 0.350. The second-order valence-corrected chi connectivity index (χ2v) is 10.7. The maximum Gasteiger partial charge on any atom is 0.276 e. The summed E-state index contributed by atoms with van der Waals surface area (Å²) in [5.41, 5.74) is 1.53. The van der Waals surface area contributed by atoms with Gasteiger partial charge in [0.1, 0.15) is 5.03 Å². The molecule has 10 heteroatoms. The fourth-order valence-electron chi connectivity index (χ4n) is 2.61. The zero-order valence-electron chi connectivity index (χ0n) is 16.7. The summed E-state index contributed by atoms with van der Waals surface area (Å²) in [6, 6.07) is 12.5. The van der Waals surface area contributed by atoms with E-state index in [1.165, 1.54) is 40.5 Å². The Bertz CT molecular complexity index is 950. The van der Waals surface area contributed by atoms with Gasteiger partial charge in [-0.05, 0) is 48.3 Å².